The van der Waals surface area contributed by atoms with Crippen LogP contribution in [0.5, 0.6) is 0 Å². The molecule has 0 saturated heterocycles. The van der Waals surface area contributed by atoms with E-state index in [0.29, 0.717) is 29.6 Å². The molecule has 1 N–H and O–H groups in total. The van der Waals surface area contributed by atoms with Crippen LogP contribution in [0.2, 0.25) is 0 Å². The largest absolute Gasteiger partial charge is 0.461 e. The fraction of sp³-hybridized carbons (Fsp3) is 0.105. The van der Waals surface area contributed by atoms with Crippen LogP contribution in [0.25, 0.3) is 11.6 Å². The molecule has 0 aliphatic rings. The van der Waals surface area contributed by atoms with E-state index < -0.39 is 0 Å². The molecule has 140 valence electrons. The molecule has 1 aromatic carbocycles. The summed E-state index contributed by atoms with van der Waals surface area (Å²) in [6.45, 7) is -0.183. The zero-order valence-corrected chi connectivity index (χ0v) is 14.6. The predicted molar refractivity (Wildman–Crippen MR) is 98.4 cm³/mol. The van der Waals surface area contributed by atoms with Gasteiger partial charge in [-0.15, -0.1) is 0 Å². The molecule has 0 atom stereocenters. The van der Waals surface area contributed by atoms with Crippen LogP contribution >= 0.6 is 0 Å². The minimum absolute atomic E-state index is 0.183. The molecule has 3 aromatic heterocycles. The van der Waals surface area contributed by atoms with E-state index in [1.54, 1.807) is 24.3 Å². The Hall–Kier alpha value is -4.01. The van der Waals surface area contributed by atoms with Crippen LogP contribution in [0.3, 0.4) is 0 Å². The van der Waals surface area contributed by atoms with E-state index in [1.165, 1.54) is 24.6 Å². The van der Waals surface area contributed by atoms with Crippen molar-refractivity contribution in [3.63, 3.8) is 0 Å². The molecule has 3 heterocycles. The first-order valence-corrected chi connectivity index (χ1v) is 8.45. The molecule has 0 fully saturated rings. The van der Waals surface area contributed by atoms with Crippen LogP contribution in [0.4, 0.5) is 5.69 Å². The molecule has 0 aliphatic heterocycles. The summed E-state index contributed by atoms with van der Waals surface area (Å²) in [4.78, 5) is 28.3. The molecule has 9 heteroatoms. The number of benzene rings is 1. The van der Waals surface area contributed by atoms with E-state index >= 15 is 0 Å². The summed E-state index contributed by atoms with van der Waals surface area (Å²) in [7, 11) is 0. The molecule has 0 unspecified atom stereocenters. The van der Waals surface area contributed by atoms with Gasteiger partial charge in [0.15, 0.2) is 5.76 Å². The van der Waals surface area contributed by atoms with E-state index in [1.807, 2.05) is 12.1 Å². The topological polar surface area (TPSA) is 116 Å². The van der Waals surface area contributed by atoms with Crippen molar-refractivity contribution in [2.75, 3.05) is 5.32 Å². The Morgan fingerprint density at radius 3 is 2.82 bits per heavy atom. The summed E-state index contributed by atoms with van der Waals surface area (Å²) in [5.41, 5.74) is 1.04. The maximum absolute atomic E-state index is 12.3. The van der Waals surface area contributed by atoms with Crippen LogP contribution in [0.1, 0.15) is 11.5 Å². The summed E-state index contributed by atoms with van der Waals surface area (Å²) in [6.07, 6.45) is 3.31. The Morgan fingerprint density at radius 1 is 1.11 bits per heavy atom. The SMILES string of the molecule is O=C(Cn1ncccc1=O)Nc1ccccc1Cc1nc(-c2ccco2)no1. The second-order valence-electron chi connectivity index (χ2n) is 5.89. The Bertz CT molecular complexity index is 1150. The number of anilines is 1. The van der Waals surface area contributed by atoms with Crippen LogP contribution < -0.4 is 10.9 Å². The lowest BCUT2D eigenvalue weighted by Gasteiger charge is -2.10. The highest BCUT2D eigenvalue weighted by Gasteiger charge is 2.14. The molecule has 1 amide bonds. The van der Waals surface area contributed by atoms with Crippen molar-refractivity contribution in [1.29, 1.82) is 0 Å². The summed E-state index contributed by atoms with van der Waals surface area (Å²) in [5.74, 6) is 0.887. The maximum Gasteiger partial charge on any atom is 0.267 e. The van der Waals surface area contributed by atoms with Gasteiger partial charge in [-0.3, -0.25) is 9.59 Å². The first-order valence-electron chi connectivity index (χ1n) is 8.45. The van der Waals surface area contributed by atoms with Gasteiger partial charge in [0, 0.05) is 18.0 Å². The van der Waals surface area contributed by atoms with Crippen molar-refractivity contribution in [1.82, 2.24) is 19.9 Å². The first kappa shape index (κ1) is 17.4. The second kappa shape index (κ2) is 7.70. The van der Waals surface area contributed by atoms with Crippen molar-refractivity contribution in [3.8, 4) is 11.6 Å². The fourth-order valence-corrected chi connectivity index (χ4v) is 2.62. The van der Waals surface area contributed by atoms with Crippen molar-refractivity contribution in [2.45, 2.75) is 13.0 Å². The number of furan rings is 1. The third-order valence-electron chi connectivity index (χ3n) is 3.92. The van der Waals surface area contributed by atoms with Gasteiger partial charge in [0.25, 0.3) is 5.56 Å². The summed E-state index contributed by atoms with van der Waals surface area (Å²) in [6, 6.07) is 13.6. The molecule has 9 nitrogen and oxygen atoms in total. The lowest BCUT2D eigenvalue weighted by Crippen LogP contribution is -2.28. The van der Waals surface area contributed by atoms with Crippen molar-refractivity contribution in [3.05, 3.63) is 82.8 Å². The van der Waals surface area contributed by atoms with Gasteiger partial charge < -0.3 is 14.3 Å². The monoisotopic (exact) mass is 377 g/mol. The number of carbonyl (C=O) groups excluding carboxylic acids is 1. The average Bonchev–Trinajstić information content (AvgIpc) is 3.37. The van der Waals surface area contributed by atoms with Gasteiger partial charge in [-0.25, -0.2) is 4.68 Å². The zero-order valence-electron chi connectivity index (χ0n) is 14.6. The van der Waals surface area contributed by atoms with Crippen LogP contribution in [0, 0.1) is 0 Å². The third-order valence-corrected chi connectivity index (χ3v) is 3.92. The normalized spacial score (nSPS) is 10.7. The molecule has 0 saturated carbocycles. The number of rotatable bonds is 6. The Labute approximate surface area is 158 Å². The van der Waals surface area contributed by atoms with Gasteiger partial charge in [-0.05, 0) is 29.8 Å². The van der Waals surface area contributed by atoms with Gasteiger partial charge in [0.05, 0.1) is 12.7 Å². The summed E-state index contributed by atoms with van der Waals surface area (Å²) >= 11 is 0. The van der Waals surface area contributed by atoms with E-state index in [2.05, 4.69) is 20.6 Å². The fourth-order valence-electron chi connectivity index (χ4n) is 2.62. The third kappa shape index (κ3) is 3.88. The van der Waals surface area contributed by atoms with Crippen molar-refractivity contribution < 1.29 is 13.7 Å². The van der Waals surface area contributed by atoms with E-state index in [9.17, 15) is 9.59 Å². The Morgan fingerprint density at radius 2 is 2.00 bits per heavy atom. The highest BCUT2D eigenvalue weighted by atomic mass is 16.5. The minimum atomic E-state index is -0.366. The first-order chi connectivity index (χ1) is 13.7. The molecule has 0 bridgehead atoms. The highest BCUT2D eigenvalue weighted by Crippen LogP contribution is 2.21. The number of amides is 1. The van der Waals surface area contributed by atoms with E-state index in [4.69, 9.17) is 8.94 Å². The maximum atomic E-state index is 12.3. The standard InChI is InChI=1S/C19H15N5O4/c25-16(12-24-18(26)8-3-9-20-24)21-14-6-2-1-5-13(14)11-17-22-19(23-28-17)15-7-4-10-27-15/h1-10H,11-12H2,(H,21,25). The number of nitrogens with one attached hydrogen (secondary N) is 1. The molecule has 0 radical (unpaired) electrons. The number of carbonyl (C=O) groups is 1. The van der Waals surface area contributed by atoms with E-state index in [-0.39, 0.29) is 18.0 Å². The zero-order chi connectivity index (χ0) is 19.3. The number of hydrogen-bond acceptors (Lipinski definition) is 7. The van der Waals surface area contributed by atoms with Crippen molar-refractivity contribution in [2.24, 2.45) is 0 Å². The smallest absolute Gasteiger partial charge is 0.267 e. The number of aromatic nitrogens is 4. The number of hydrogen-bond donors (Lipinski definition) is 1. The second-order valence-corrected chi connectivity index (χ2v) is 5.89. The lowest BCUT2D eigenvalue weighted by molar-refractivity contribution is -0.117. The number of nitrogens with zero attached hydrogens (tertiary/aromatic N) is 4. The molecular weight excluding hydrogens is 362 g/mol. The lowest BCUT2D eigenvalue weighted by atomic mass is 10.1. The molecule has 4 aromatic rings. The molecular formula is C19H15N5O4. The molecule has 4 rings (SSSR count). The van der Waals surface area contributed by atoms with Crippen molar-refractivity contribution >= 4 is 11.6 Å². The Balaban J connectivity index is 1.49. The molecule has 0 aliphatic carbocycles. The van der Waals surface area contributed by atoms with Crippen LogP contribution in [0.15, 0.2) is 74.7 Å². The van der Waals surface area contributed by atoms with Crippen LogP contribution in [-0.2, 0) is 17.8 Å². The quantitative estimate of drug-likeness (QED) is 0.547. The van der Waals surface area contributed by atoms with Gasteiger partial charge in [-0.1, -0.05) is 23.4 Å². The van der Waals surface area contributed by atoms with Gasteiger partial charge >= 0.3 is 0 Å². The average molecular weight is 377 g/mol. The van der Waals surface area contributed by atoms with E-state index in [0.717, 1.165) is 10.2 Å². The van der Waals surface area contributed by atoms with Crippen LogP contribution in [-0.4, -0.2) is 25.8 Å². The van der Waals surface area contributed by atoms with Gasteiger partial charge in [0.2, 0.25) is 17.6 Å². The highest BCUT2D eigenvalue weighted by molar-refractivity contribution is 5.91. The molecule has 28 heavy (non-hydrogen) atoms. The molecule has 0 spiro atoms. The van der Waals surface area contributed by atoms with Gasteiger partial charge in [0.1, 0.15) is 6.54 Å². The minimum Gasteiger partial charge on any atom is -0.461 e. The predicted octanol–water partition coefficient (Wildman–Crippen LogP) is 2.12. The summed E-state index contributed by atoms with van der Waals surface area (Å²) in [5, 5.41) is 10.6. The van der Waals surface area contributed by atoms with Gasteiger partial charge in [-0.2, -0.15) is 10.1 Å². The number of para-hydroxylation sites is 1. The summed E-state index contributed by atoms with van der Waals surface area (Å²) < 4.78 is 11.6. The Kier molecular flexibility index (Phi) is 4.79.